The molecule has 0 spiro atoms. The highest BCUT2D eigenvalue weighted by molar-refractivity contribution is 5.91. The van der Waals surface area contributed by atoms with E-state index in [2.05, 4.69) is 5.32 Å². The molecule has 0 aliphatic carbocycles. The molecule has 1 aromatic rings. The maximum absolute atomic E-state index is 11.7. The van der Waals surface area contributed by atoms with E-state index in [0.29, 0.717) is 5.76 Å². The van der Waals surface area contributed by atoms with Crippen molar-refractivity contribution in [2.24, 2.45) is 0 Å². The third kappa shape index (κ3) is 2.27. The van der Waals surface area contributed by atoms with Crippen molar-refractivity contribution in [2.45, 2.75) is 0 Å². The molecule has 0 unspecified atom stereocenters. The molecule has 0 atom stereocenters. The Morgan fingerprint density at radius 1 is 1.43 bits per heavy atom. The minimum atomic E-state index is -0.00787. The van der Waals surface area contributed by atoms with Gasteiger partial charge in [-0.25, -0.2) is 0 Å². The van der Waals surface area contributed by atoms with Gasteiger partial charge in [0.05, 0.1) is 6.26 Å². The second-order valence-corrected chi connectivity index (χ2v) is 3.02. The molecule has 78 valence electrons. The molecule has 5 heteroatoms. The van der Waals surface area contributed by atoms with Crippen LogP contribution in [0.2, 0.25) is 0 Å². The van der Waals surface area contributed by atoms with Crippen LogP contribution in [0.3, 0.4) is 0 Å². The fraction of sp³-hybridized carbons (Fsp3) is 0.444. The van der Waals surface area contributed by atoms with E-state index in [-0.39, 0.29) is 18.3 Å². The van der Waals surface area contributed by atoms with E-state index in [1.54, 1.807) is 17.0 Å². The normalized spacial score (nSPS) is 16.1. The van der Waals surface area contributed by atoms with Gasteiger partial charge in [0.15, 0.2) is 5.76 Å². The van der Waals surface area contributed by atoms with Crippen LogP contribution < -0.4 is 5.32 Å². The maximum atomic E-state index is 11.7. The van der Waals surface area contributed by atoms with Crippen LogP contribution in [0.5, 0.6) is 0 Å². The number of carbonyl (C=O) groups excluding carboxylic acids is 1. The summed E-state index contributed by atoms with van der Waals surface area (Å²) in [5, 5.41) is 3.19. The second kappa shape index (κ2) is 5.02. The highest BCUT2D eigenvalue weighted by Gasteiger charge is 2.19. The summed E-state index contributed by atoms with van der Waals surface area (Å²) in [4.78, 5) is 13.5. The smallest absolute Gasteiger partial charge is 0.289 e. The van der Waals surface area contributed by atoms with Crippen molar-refractivity contribution in [3.05, 3.63) is 24.2 Å². The predicted octanol–water partition coefficient (Wildman–Crippen LogP) is 0.747. The first-order chi connectivity index (χ1) is 6.38. The Morgan fingerprint density at radius 2 is 2.14 bits per heavy atom. The van der Waals surface area contributed by atoms with E-state index in [4.69, 9.17) is 4.42 Å². The molecular formula is C9H13ClN2O2. The largest absolute Gasteiger partial charge is 0.459 e. The molecule has 0 radical (unpaired) electrons. The first-order valence-corrected chi connectivity index (χ1v) is 4.41. The molecule has 0 saturated carbocycles. The summed E-state index contributed by atoms with van der Waals surface area (Å²) in [5.41, 5.74) is 0. The fourth-order valence-corrected chi connectivity index (χ4v) is 1.42. The van der Waals surface area contributed by atoms with Crippen molar-refractivity contribution >= 4 is 18.3 Å². The molecule has 1 fully saturated rings. The number of hydrogen-bond donors (Lipinski definition) is 1. The van der Waals surface area contributed by atoms with Gasteiger partial charge in [-0.3, -0.25) is 4.79 Å². The Morgan fingerprint density at radius 3 is 2.71 bits per heavy atom. The number of hydrogen-bond acceptors (Lipinski definition) is 3. The Bertz CT molecular complexity index is 281. The van der Waals surface area contributed by atoms with Gasteiger partial charge < -0.3 is 14.6 Å². The molecule has 2 rings (SSSR count). The number of furan rings is 1. The lowest BCUT2D eigenvalue weighted by Gasteiger charge is -2.26. The Kier molecular flexibility index (Phi) is 3.98. The van der Waals surface area contributed by atoms with Crippen LogP contribution in [0.4, 0.5) is 0 Å². The molecule has 1 aromatic heterocycles. The van der Waals surface area contributed by atoms with E-state index < -0.39 is 0 Å². The zero-order valence-electron chi connectivity index (χ0n) is 7.73. The highest BCUT2D eigenvalue weighted by atomic mass is 35.5. The monoisotopic (exact) mass is 216 g/mol. The first-order valence-electron chi connectivity index (χ1n) is 4.41. The van der Waals surface area contributed by atoms with E-state index in [1.807, 2.05) is 0 Å². The summed E-state index contributed by atoms with van der Waals surface area (Å²) in [6.07, 6.45) is 1.52. The van der Waals surface area contributed by atoms with Gasteiger partial charge >= 0.3 is 0 Å². The van der Waals surface area contributed by atoms with Crippen molar-refractivity contribution < 1.29 is 9.21 Å². The molecular weight excluding hydrogens is 204 g/mol. The molecule has 14 heavy (non-hydrogen) atoms. The number of nitrogens with zero attached hydrogens (tertiary/aromatic N) is 1. The Labute approximate surface area is 88.7 Å². The average Bonchev–Trinajstić information content (AvgIpc) is 2.71. The van der Waals surface area contributed by atoms with E-state index in [9.17, 15) is 4.79 Å². The van der Waals surface area contributed by atoms with Gasteiger partial charge in [-0.2, -0.15) is 0 Å². The van der Waals surface area contributed by atoms with E-state index in [1.165, 1.54) is 6.26 Å². The van der Waals surface area contributed by atoms with Crippen LogP contribution in [0.1, 0.15) is 10.6 Å². The number of rotatable bonds is 1. The summed E-state index contributed by atoms with van der Waals surface area (Å²) in [5.74, 6) is 0.424. The van der Waals surface area contributed by atoms with Crippen LogP contribution in [-0.2, 0) is 0 Å². The zero-order chi connectivity index (χ0) is 9.10. The SMILES string of the molecule is Cl.O=C(c1ccco1)N1CCNCC1. The maximum Gasteiger partial charge on any atom is 0.289 e. The molecule has 1 aliphatic rings. The third-order valence-electron chi connectivity index (χ3n) is 2.14. The van der Waals surface area contributed by atoms with Gasteiger partial charge in [0, 0.05) is 26.2 Å². The van der Waals surface area contributed by atoms with Crippen LogP contribution in [0, 0.1) is 0 Å². The lowest BCUT2D eigenvalue weighted by molar-refractivity contribution is 0.0703. The molecule has 0 aromatic carbocycles. The van der Waals surface area contributed by atoms with Gasteiger partial charge in [-0.1, -0.05) is 0 Å². The van der Waals surface area contributed by atoms with Crippen molar-refractivity contribution in [2.75, 3.05) is 26.2 Å². The number of halogens is 1. The topological polar surface area (TPSA) is 45.5 Å². The Balaban J connectivity index is 0.000000980. The lowest BCUT2D eigenvalue weighted by Crippen LogP contribution is -2.46. The molecule has 1 aliphatic heterocycles. The minimum absolute atomic E-state index is 0. The highest BCUT2D eigenvalue weighted by Crippen LogP contribution is 2.05. The van der Waals surface area contributed by atoms with Gasteiger partial charge in [0.2, 0.25) is 0 Å². The third-order valence-corrected chi connectivity index (χ3v) is 2.14. The molecule has 2 heterocycles. The van der Waals surface area contributed by atoms with Gasteiger partial charge in [-0.15, -0.1) is 12.4 Å². The predicted molar refractivity (Wildman–Crippen MR) is 54.7 cm³/mol. The fourth-order valence-electron chi connectivity index (χ4n) is 1.42. The molecule has 1 N–H and O–H groups in total. The number of carbonyl (C=O) groups is 1. The van der Waals surface area contributed by atoms with E-state index in [0.717, 1.165) is 26.2 Å². The van der Waals surface area contributed by atoms with Crippen LogP contribution in [0.15, 0.2) is 22.8 Å². The molecule has 4 nitrogen and oxygen atoms in total. The van der Waals surface area contributed by atoms with Crippen molar-refractivity contribution in [3.8, 4) is 0 Å². The number of nitrogens with one attached hydrogen (secondary N) is 1. The minimum Gasteiger partial charge on any atom is -0.459 e. The van der Waals surface area contributed by atoms with Crippen molar-refractivity contribution in [1.82, 2.24) is 10.2 Å². The quantitative estimate of drug-likeness (QED) is 0.754. The molecule has 0 bridgehead atoms. The van der Waals surface area contributed by atoms with Gasteiger partial charge in [0.25, 0.3) is 5.91 Å². The van der Waals surface area contributed by atoms with Crippen molar-refractivity contribution in [1.29, 1.82) is 0 Å². The molecule has 1 amide bonds. The summed E-state index contributed by atoms with van der Waals surface area (Å²) in [6, 6.07) is 3.43. The van der Waals surface area contributed by atoms with Crippen molar-refractivity contribution in [3.63, 3.8) is 0 Å². The summed E-state index contributed by atoms with van der Waals surface area (Å²) in [7, 11) is 0. The lowest BCUT2D eigenvalue weighted by atomic mass is 10.3. The van der Waals surface area contributed by atoms with Crippen LogP contribution >= 0.6 is 12.4 Å². The standard InChI is InChI=1S/C9H12N2O2.ClH/c12-9(8-2-1-7-13-8)11-5-3-10-4-6-11;/h1-2,7,10H,3-6H2;1H. The number of piperazine rings is 1. The summed E-state index contributed by atoms with van der Waals surface area (Å²) < 4.78 is 5.04. The zero-order valence-corrected chi connectivity index (χ0v) is 8.55. The summed E-state index contributed by atoms with van der Waals surface area (Å²) in [6.45, 7) is 3.26. The van der Waals surface area contributed by atoms with E-state index >= 15 is 0 Å². The van der Waals surface area contributed by atoms with Gasteiger partial charge in [0.1, 0.15) is 0 Å². The van der Waals surface area contributed by atoms with Crippen LogP contribution in [0.25, 0.3) is 0 Å². The second-order valence-electron chi connectivity index (χ2n) is 3.02. The number of amides is 1. The summed E-state index contributed by atoms with van der Waals surface area (Å²) >= 11 is 0. The first kappa shape index (κ1) is 11.1. The Hall–Kier alpha value is -1.00. The van der Waals surface area contributed by atoms with Crippen LogP contribution in [-0.4, -0.2) is 37.0 Å². The average molecular weight is 217 g/mol. The van der Waals surface area contributed by atoms with Gasteiger partial charge in [-0.05, 0) is 12.1 Å². The molecule has 1 saturated heterocycles.